The van der Waals surface area contributed by atoms with Gasteiger partial charge in [-0.15, -0.1) is 0 Å². The number of benzene rings is 1. The highest BCUT2D eigenvalue weighted by Gasteiger charge is 2.40. The van der Waals surface area contributed by atoms with Crippen LogP contribution in [-0.4, -0.2) is 30.8 Å². The quantitative estimate of drug-likeness (QED) is 0.491. The summed E-state index contributed by atoms with van der Waals surface area (Å²) < 4.78 is 7.10. The lowest BCUT2D eigenvalue weighted by Crippen LogP contribution is -2.48. The third kappa shape index (κ3) is 4.13. The van der Waals surface area contributed by atoms with Gasteiger partial charge in [0, 0.05) is 12.6 Å². The van der Waals surface area contributed by atoms with Crippen molar-refractivity contribution in [1.82, 2.24) is 30.2 Å². The summed E-state index contributed by atoms with van der Waals surface area (Å²) in [5.74, 6) is 0.901. The number of carbonyl (C=O) groups is 1. The predicted octanol–water partition coefficient (Wildman–Crippen LogP) is 4.38. The summed E-state index contributed by atoms with van der Waals surface area (Å²) in [6.45, 7) is 6.33. The van der Waals surface area contributed by atoms with Crippen LogP contribution >= 0.6 is 0 Å². The van der Waals surface area contributed by atoms with E-state index in [1.165, 1.54) is 5.56 Å². The average Bonchev–Trinajstić information content (AvgIpc) is 3.42. The summed E-state index contributed by atoms with van der Waals surface area (Å²) >= 11 is 0. The van der Waals surface area contributed by atoms with Crippen molar-refractivity contribution >= 4 is 16.9 Å². The Morgan fingerprint density at radius 3 is 2.55 bits per heavy atom. The molecule has 0 saturated heterocycles. The van der Waals surface area contributed by atoms with E-state index < -0.39 is 5.54 Å². The van der Waals surface area contributed by atoms with Gasteiger partial charge in [0.25, 0.3) is 5.91 Å². The zero-order valence-corrected chi connectivity index (χ0v) is 19.3. The molecular weight excluding hydrogens is 416 g/mol. The van der Waals surface area contributed by atoms with E-state index in [1.807, 2.05) is 17.7 Å². The summed E-state index contributed by atoms with van der Waals surface area (Å²) in [6, 6.07) is 10.2. The number of nitrogens with one attached hydrogen (secondary N) is 1. The Bertz CT molecular complexity index is 1300. The van der Waals surface area contributed by atoms with Crippen molar-refractivity contribution < 1.29 is 9.32 Å². The van der Waals surface area contributed by atoms with Crippen LogP contribution in [0.5, 0.6) is 0 Å². The van der Waals surface area contributed by atoms with Gasteiger partial charge in [0.05, 0.1) is 23.7 Å². The summed E-state index contributed by atoms with van der Waals surface area (Å²) in [5.41, 5.74) is 3.77. The summed E-state index contributed by atoms with van der Waals surface area (Å²) in [6.07, 6.45) is 6.46. The van der Waals surface area contributed by atoms with Gasteiger partial charge in [0.2, 0.25) is 5.89 Å². The molecule has 1 aromatic carbocycles. The van der Waals surface area contributed by atoms with Gasteiger partial charge >= 0.3 is 0 Å². The normalized spacial score (nSPS) is 15.6. The number of carbonyl (C=O) groups excluding carboxylic acids is 1. The third-order valence-electron chi connectivity index (χ3n) is 6.45. The van der Waals surface area contributed by atoms with Crippen LogP contribution in [0.4, 0.5) is 0 Å². The maximum absolute atomic E-state index is 13.6. The van der Waals surface area contributed by atoms with Crippen LogP contribution in [0.3, 0.4) is 0 Å². The van der Waals surface area contributed by atoms with Crippen LogP contribution in [0.1, 0.15) is 71.0 Å². The number of pyridine rings is 1. The molecule has 4 aromatic rings. The molecular formula is C25H28N6O2. The molecule has 170 valence electrons. The molecule has 0 atom stereocenters. The number of fused-ring (bicyclic) bond motifs is 1. The van der Waals surface area contributed by atoms with Crippen LogP contribution < -0.4 is 5.32 Å². The number of hydrogen-bond donors (Lipinski definition) is 1. The van der Waals surface area contributed by atoms with Crippen molar-refractivity contribution in [3.8, 4) is 0 Å². The first-order chi connectivity index (χ1) is 15.9. The van der Waals surface area contributed by atoms with Gasteiger partial charge < -0.3 is 9.84 Å². The Labute approximate surface area is 192 Å². The SMILES string of the molecule is Cc1ccc(Cn2ncc3c(C(=O)NC4(c5noc(C)n5)CCCCC4)cc(C)nc32)cc1. The van der Waals surface area contributed by atoms with Gasteiger partial charge in [-0.05, 0) is 38.3 Å². The first kappa shape index (κ1) is 21.3. The van der Waals surface area contributed by atoms with E-state index in [0.717, 1.165) is 48.7 Å². The Hall–Kier alpha value is -3.55. The van der Waals surface area contributed by atoms with Crippen LogP contribution in [0, 0.1) is 20.8 Å². The van der Waals surface area contributed by atoms with Crippen molar-refractivity contribution in [3.05, 3.63) is 70.6 Å². The maximum Gasteiger partial charge on any atom is 0.252 e. The number of nitrogens with zero attached hydrogens (tertiary/aromatic N) is 5. The molecule has 8 heteroatoms. The van der Waals surface area contributed by atoms with E-state index in [-0.39, 0.29) is 5.91 Å². The monoisotopic (exact) mass is 444 g/mol. The fourth-order valence-electron chi connectivity index (χ4n) is 4.68. The Balaban J connectivity index is 1.49. The first-order valence-electron chi connectivity index (χ1n) is 11.5. The highest BCUT2D eigenvalue weighted by molar-refractivity contribution is 6.05. The molecule has 33 heavy (non-hydrogen) atoms. The van der Waals surface area contributed by atoms with Crippen LogP contribution in [0.15, 0.2) is 41.1 Å². The minimum Gasteiger partial charge on any atom is -0.340 e. The number of aryl methyl sites for hydroxylation is 3. The van der Waals surface area contributed by atoms with E-state index in [0.29, 0.717) is 29.5 Å². The number of hydrogen-bond acceptors (Lipinski definition) is 6. The largest absolute Gasteiger partial charge is 0.340 e. The lowest BCUT2D eigenvalue weighted by atomic mass is 9.80. The maximum atomic E-state index is 13.6. The highest BCUT2D eigenvalue weighted by Crippen LogP contribution is 2.36. The lowest BCUT2D eigenvalue weighted by molar-refractivity contribution is 0.0857. The zero-order chi connectivity index (χ0) is 23.0. The number of amides is 1. The molecule has 1 fully saturated rings. The molecule has 0 aliphatic heterocycles. The standard InChI is InChI=1S/C25H28N6O2/c1-16-7-9-19(10-8-16)15-31-22-21(14-26-31)20(13-17(2)27-22)23(32)29-25(11-5-4-6-12-25)24-28-18(3)33-30-24/h7-10,13-14H,4-6,11-12,15H2,1-3H3,(H,29,32). The second-order valence-electron chi connectivity index (χ2n) is 9.07. The molecule has 0 unspecified atom stereocenters. The molecule has 8 nitrogen and oxygen atoms in total. The van der Waals surface area contributed by atoms with Gasteiger partial charge in [0.15, 0.2) is 11.5 Å². The van der Waals surface area contributed by atoms with Crippen molar-refractivity contribution in [2.24, 2.45) is 0 Å². The minimum atomic E-state index is -0.617. The molecule has 0 bridgehead atoms. The highest BCUT2D eigenvalue weighted by atomic mass is 16.5. The van der Waals surface area contributed by atoms with E-state index in [4.69, 9.17) is 9.51 Å². The first-order valence-corrected chi connectivity index (χ1v) is 11.5. The molecule has 1 aliphatic carbocycles. The molecule has 0 radical (unpaired) electrons. The molecule has 0 spiro atoms. The van der Waals surface area contributed by atoms with Gasteiger partial charge in [-0.2, -0.15) is 10.1 Å². The molecule has 1 amide bonds. The van der Waals surface area contributed by atoms with Gasteiger partial charge in [0.1, 0.15) is 5.54 Å². The number of aromatic nitrogens is 5. The van der Waals surface area contributed by atoms with Gasteiger partial charge in [-0.25, -0.2) is 9.67 Å². The van der Waals surface area contributed by atoms with Crippen LogP contribution in [0.25, 0.3) is 11.0 Å². The average molecular weight is 445 g/mol. The van der Waals surface area contributed by atoms with Crippen molar-refractivity contribution in [1.29, 1.82) is 0 Å². The van der Waals surface area contributed by atoms with E-state index >= 15 is 0 Å². The molecule has 3 aromatic heterocycles. The topological polar surface area (TPSA) is 98.7 Å². The lowest BCUT2D eigenvalue weighted by Gasteiger charge is -2.35. The Kier molecular flexibility index (Phi) is 5.44. The van der Waals surface area contributed by atoms with E-state index in [1.54, 1.807) is 13.1 Å². The van der Waals surface area contributed by atoms with Gasteiger partial charge in [-0.3, -0.25) is 4.79 Å². The molecule has 1 saturated carbocycles. The van der Waals surface area contributed by atoms with Crippen molar-refractivity contribution in [2.45, 2.75) is 65.0 Å². The van der Waals surface area contributed by atoms with Crippen LogP contribution in [-0.2, 0) is 12.1 Å². The molecule has 1 aliphatic rings. The summed E-state index contributed by atoms with van der Waals surface area (Å²) in [4.78, 5) is 22.8. The fraction of sp³-hybridized carbons (Fsp3) is 0.400. The van der Waals surface area contributed by atoms with Crippen molar-refractivity contribution in [3.63, 3.8) is 0 Å². The molecule has 3 heterocycles. The van der Waals surface area contributed by atoms with E-state index in [9.17, 15) is 4.79 Å². The molecule has 5 rings (SSSR count). The fourth-order valence-corrected chi connectivity index (χ4v) is 4.68. The second-order valence-corrected chi connectivity index (χ2v) is 9.07. The van der Waals surface area contributed by atoms with Gasteiger partial charge in [-0.1, -0.05) is 54.2 Å². The smallest absolute Gasteiger partial charge is 0.252 e. The predicted molar refractivity (Wildman–Crippen MR) is 124 cm³/mol. The van der Waals surface area contributed by atoms with Crippen molar-refractivity contribution in [2.75, 3.05) is 0 Å². The van der Waals surface area contributed by atoms with Crippen LogP contribution in [0.2, 0.25) is 0 Å². The molecule has 1 N–H and O–H groups in total. The number of rotatable bonds is 5. The second kappa shape index (κ2) is 8.42. The van der Waals surface area contributed by atoms with E-state index in [2.05, 4.69) is 51.7 Å². The Morgan fingerprint density at radius 2 is 1.85 bits per heavy atom. The minimum absolute atomic E-state index is 0.162. The zero-order valence-electron chi connectivity index (χ0n) is 19.3. The Morgan fingerprint density at radius 1 is 1.09 bits per heavy atom. The summed E-state index contributed by atoms with van der Waals surface area (Å²) in [7, 11) is 0. The third-order valence-corrected chi connectivity index (χ3v) is 6.45. The summed E-state index contributed by atoms with van der Waals surface area (Å²) in [5, 5.41) is 12.7.